The Kier molecular flexibility index (Phi) is 8.39. The van der Waals surface area contributed by atoms with Crippen LogP contribution in [0.2, 0.25) is 0 Å². The first-order valence-corrected chi connectivity index (χ1v) is 14.1. The van der Waals surface area contributed by atoms with Crippen molar-refractivity contribution in [3.05, 3.63) is 58.3 Å². The highest BCUT2D eigenvalue weighted by atomic mass is 16.4. The number of fused-ring (bicyclic) bond motifs is 2. The highest BCUT2D eigenvalue weighted by Crippen LogP contribution is 2.30. The fourth-order valence-corrected chi connectivity index (χ4v) is 6.28. The van der Waals surface area contributed by atoms with Gasteiger partial charge in [-0.05, 0) is 106 Å². The molecule has 5 rings (SSSR count). The number of carbonyl (C=O) groups is 2. The Labute approximate surface area is 220 Å². The number of nitrogens with one attached hydrogen (secondary N) is 2. The number of aryl methyl sites for hydroxylation is 3. The molecule has 3 N–H and O–H groups in total. The molecule has 1 fully saturated rings. The first-order valence-electron chi connectivity index (χ1n) is 14.1. The lowest BCUT2D eigenvalue weighted by Crippen LogP contribution is -2.44. The number of anilines is 1. The van der Waals surface area contributed by atoms with E-state index in [4.69, 9.17) is 4.98 Å². The number of pyridine rings is 1. The molecule has 1 aromatic carbocycles. The number of aliphatic carboxylic acids is 1. The molecule has 1 saturated heterocycles. The predicted molar refractivity (Wildman–Crippen MR) is 145 cm³/mol. The number of hydrogen-bond donors (Lipinski definition) is 3. The minimum atomic E-state index is -0.865. The van der Waals surface area contributed by atoms with Gasteiger partial charge in [0.2, 0.25) is 5.91 Å². The second-order valence-electron chi connectivity index (χ2n) is 10.9. The van der Waals surface area contributed by atoms with Crippen molar-refractivity contribution in [1.82, 2.24) is 15.2 Å². The number of rotatable bonds is 9. The first kappa shape index (κ1) is 25.7. The summed E-state index contributed by atoms with van der Waals surface area (Å²) in [7, 11) is 0. The monoisotopic (exact) mass is 504 g/mol. The zero-order valence-electron chi connectivity index (χ0n) is 21.8. The molecule has 7 heteroatoms. The Morgan fingerprint density at radius 1 is 1.08 bits per heavy atom. The van der Waals surface area contributed by atoms with Crippen LogP contribution in [-0.4, -0.2) is 59.6 Å². The standard InChI is InChI=1S/C30H40N4O3/c35-29(32-19-27(30(36)37)26-13-3-8-21-7-1-2-12-25(21)26)23-10-5-17-34(20-23)18-6-11-24-15-14-22-9-4-16-31-28(22)33-24/h3,8,13-15,23,27H,1-2,4-7,9-12,16-20H2,(H,31,33)(H,32,35)(H,36,37)/t23-,27-/m1/s1. The SMILES string of the molecule is O=C(NC[C@@H](C(=O)O)c1cccc2c1CCCC2)[C@@H]1CCCN(CCCc2ccc3c(n2)NCCC3)C1. The van der Waals surface area contributed by atoms with Crippen molar-refractivity contribution in [3.63, 3.8) is 0 Å². The summed E-state index contributed by atoms with van der Waals surface area (Å²) in [6, 6.07) is 10.4. The molecule has 3 aliphatic rings. The zero-order chi connectivity index (χ0) is 25.6. The lowest BCUT2D eigenvalue weighted by molar-refractivity contribution is -0.138. The number of hydrogen-bond acceptors (Lipinski definition) is 5. The molecule has 7 nitrogen and oxygen atoms in total. The normalized spacial score (nSPS) is 20.3. The highest BCUT2D eigenvalue weighted by Gasteiger charge is 2.29. The van der Waals surface area contributed by atoms with E-state index >= 15 is 0 Å². The number of aromatic nitrogens is 1. The van der Waals surface area contributed by atoms with Gasteiger partial charge in [0.1, 0.15) is 5.82 Å². The minimum Gasteiger partial charge on any atom is -0.481 e. The molecule has 0 saturated carbocycles. The molecule has 0 unspecified atom stereocenters. The molecular formula is C30H40N4O3. The van der Waals surface area contributed by atoms with E-state index in [1.165, 1.54) is 23.1 Å². The molecule has 0 bridgehead atoms. The van der Waals surface area contributed by atoms with Crippen LogP contribution in [0.4, 0.5) is 5.82 Å². The molecule has 37 heavy (non-hydrogen) atoms. The number of likely N-dealkylation sites (tertiary alicyclic amines) is 1. The van der Waals surface area contributed by atoms with Gasteiger partial charge in [-0.1, -0.05) is 24.3 Å². The van der Waals surface area contributed by atoms with Gasteiger partial charge in [0.05, 0.1) is 11.8 Å². The summed E-state index contributed by atoms with van der Waals surface area (Å²) in [4.78, 5) is 32.4. The number of carbonyl (C=O) groups excluding carboxylic acids is 1. The lowest BCUT2D eigenvalue weighted by Gasteiger charge is -2.32. The minimum absolute atomic E-state index is 0.0109. The van der Waals surface area contributed by atoms with E-state index in [0.29, 0.717) is 0 Å². The molecule has 2 atom stereocenters. The summed E-state index contributed by atoms with van der Waals surface area (Å²) in [6.07, 6.45) is 10.3. The van der Waals surface area contributed by atoms with Gasteiger partial charge < -0.3 is 20.6 Å². The summed E-state index contributed by atoms with van der Waals surface area (Å²) < 4.78 is 0. The maximum atomic E-state index is 13.1. The van der Waals surface area contributed by atoms with Crippen molar-refractivity contribution in [2.45, 2.75) is 70.1 Å². The van der Waals surface area contributed by atoms with E-state index in [2.05, 4.69) is 33.7 Å². The molecule has 1 amide bonds. The Hall–Kier alpha value is -2.93. The van der Waals surface area contributed by atoms with Crippen molar-refractivity contribution >= 4 is 17.7 Å². The number of nitrogens with zero attached hydrogens (tertiary/aromatic N) is 2. The lowest BCUT2D eigenvalue weighted by atomic mass is 9.83. The first-order chi connectivity index (χ1) is 18.1. The van der Waals surface area contributed by atoms with Gasteiger partial charge in [0.15, 0.2) is 0 Å². The van der Waals surface area contributed by atoms with Crippen molar-refractivity contribution in [1.29, 1.82) is 0 Å². The Bertz CT molecular complexity index is 1120. The van der Waals surface area contributed by atoms with Gasteiger partial charge in [-0.2, -0.15) is 0 Å². The van der Waals surface area contributed by atoms with Crippen LogP contribution >= 0.6 is 0 Å². The van der Waals surface area contributed by atoms with Crippen molar-refractivity contribution in [3.8, 4) is 0 Å². The fourth-order valence-electron chi connectivity index (χ4n) is 6.28. The van der Waals surface area contributed by atoms with Gasteiger partial charge >= 0.3 is 5.97 Å². The number of carboxylic acid groups (broad SMARTS) is 1. The number of piperidine rings is 1. The molecule has 3 heterocycles. The average Bonchev–Trinajstić information content (AvgIpc) is 2.93. The zero-order valence-corrected chi connectivity index (χ0v) is 21.8. The Morgan fingerprint density at radius 3 is 2.84 bits per heavy atom. The number of benzene rings is 1. The topological polar surface area (TPSA) is 94.6 Å². The molecular weight excluding hydrogens is 464 g/mol. The van der Waals surface area contributed by atoms with Crippen LogP contribution in [0.25, 0.3) is 0 Å². The van der Waals surface area contributed by atoms with Crippen LogP contribution in [-0.2, 0) is 35.3 Å². The molecule has 1 aliphatic carbocycles. The van der Waals surface area contributed by atoms with Crippen LogP contribution in [0.1, 0.15) is 72.4 Å². The van der Waals surface area contributed by atoms with Crippen LogP contribution in [0, 0.1) is 5.92 Å². The van der Waals surface area contributed by atoms with E-state index in [-0.39, 0.29) is 18.4 Å². The van der Waals surface area contributed by atoms with E-state index < -0.39 is 11.9 Å². The summed E-state index contributed by atoms with van der Waals surface area (Å²) in [6.45, 7) is 3.85. The van der Waals surface area contributed by atoms with Gasteiger partial charge in [-0.25, -0.2) is 4.98 Å². The largest absolute Gasteiger partial charge is 0.481 e. The highest BCUT2D eigenvalue weighted by molar-refractivity contribution is 5.81. The summed E-state index contributed by atoms with van der Waals surface area (Å²) in [5, 5.41) is 16.4. The van der Waals surface area contributed by atoms with Crippen LogP contribution in [0.15, 0.2) is 30.3 Å². The van der Waals surface area contributed by atoms with Crippen LogP contribution in [0.5, 0.6) is 0 Å². The average molecular weight is 505 g/mol. The number of amides is 1. The predicted octanol–water partition coefficient (Wildman–Crippen LogP) is 3.95. The second kappa shape index (κ2) is 12.1. The quantitative estimate of drug-likeness (QED) is 0.479. The molecule has 198 valence electrons. The van der Waals surface area contributed by atoms with Crippen molar-refractivity contribution in [2.24, 2.45) is 5.92 Å². The van der Waals surface area contributed by atoms with Gasteiger partial charge in [-0.3, -0.25) is 9.59 Å². The van der Waals surface area contributed by atoms with Gasteiger partial charge in [0, 0.05) is 25.3 Å². The second-order valence-corrected chi connectivity index (χ2v) is 10.9. The summed E-state index contributed by atoms with van der Waals surface area (Å²) >= 11 is 0. The number of carboxylic acids is 1. The fraction of sp³-hybridized carbons (Fsp3) is 0.567. The molecule has 2 aliphatic heterocycles. The van der Waals surface area contributed by atoms with E-state index in [1.54, 1.807) is 0 Å². The molecule has 0 radical (unpaired) electrons. The van der Waals surface area contributed by atoms with Gasteiger partial charge in [0.25, 0.3) is 0 Å². The molecule has 2 aromatic rings. The van der Waals surface area contributed by atoms with Crippen LogP contribution < -0.4 is 10.6 Å². The van der Waals surface area contributed by atoms with Crippen molar-refractivity contribution < 1.29 is 14.7 Å². The maximum Gasteiger partial charge on any atom is 0.312 e. The third-order valence-corrected chi connectivity index (χ3v) is 8.32. The van der Waals surface area contributed by atoms with Gasteiger partial charge in [-0.15, -0.1) is 0 Å². The smallest absolute Gasteiger partial charge is 0.312 e. The molecule has 0 spiro atoms. The van der Waals surface area contributed by atoms with Crippen molar-refractivity contribution in [2.75, 3.05) is 38.0 Å². The van der Waals surface area contributed by atoms with E-state index in [0.717, 1.165) is 101 Å². The molecule has 1 aromatic heterocycles. The van der Waals surface area contributed by atoms with E-state index in [9.17, 15) is 14.7 Å². The third-order valence-electron chi connectivity index (χ3n) is 8.32. The summed E-state index contributed by atoms with van der Waals surface area (Å²) in [5.74, 6) is -0.609. The summed E-state index contributed by atoms with van der Waals surface area (Å²) in [5.41, 5.74) is 5.77. The van der Waals surface area contributed by atoms with Crippen LogP contribution in [0.3, 0.4) is 0 Å². The Balaban J connectivity index is 1.12. The van der Waals surface area contributed by atoms with E-state index in [1.807, 2.05) is 12.1 Å². The maximum absolute atomic E-state index is 13.1. The Morgan fingerprint density at radius 2 is 1.95 bits per heavy atom. The third kappa shape index (κ3) is 6.32.